The molecule has 0 bridgehead atoms. The number of carbonyl (C=O) groups is 1. The lowest BCUT2D eigenvalue weighted by Crippen LogP contribution is -2.29. The summed E-state index contributed by atoms with van der Waals surface area (Å²) in [6.07, 6.45) is 4.31. The number of para-hydroxylation sites is 1. The molecule has 1 saturated carbocycles. The number of amides is 1. The second-order valence-electron chi connectivity index (χ2n) is 7.93. The molecule has 4 rings (SSSR count). The first kappa shape index (κ1) is 20.7. The first-order valence-electron chi connectivity index (χ1n) is 10.3. The molecule has 0 spiro atoms. The molecule has 31 heavy (non-hydrogen) atoms. The molecule has 0 aliphatic heterocycles. The summed E-state index contributed by atoms with van der Waals surface area (Å²) in [6.45, 7) is 2.79. The summed E-state index contributed by atoms with van der Waals surface area (Å²) >= 11 is 0. The van der Waals surface area contributed by atoms with Crippen LogP contribution in [0.15, 0.2) is 53.5 Å². The normalized spacial score (nSPS) is 13.1. The van der Waals surface area contributed by atoms with Gasteiger partial charge in [0.2, 0.25) is 0 Å². The van der Waals surface area contributed by atoms with E-state index >= 15 is 0 Å². The molecule has 0 unspecified atom stereocenters. The van der Waals surface area contributed by atoms with Crippen molar-refractivity contribution < 1.29 is 14.6 Å². The molecule has 0 radical (unpaired) electrons. The molecule has 0 saturated heterocycles. The van der Waals surface area contributed by atoms with Crippen LogP contribution in [0.5, 0.6) is 11.5 Å². The van der Waals surface area contributed by atoms with Crippen LogP contribution in [0.3, 0.4) is 0 Å². The molecular weight excluding hydrogens is 394 g/mol. The predicted octanol–water partition coefficient (Wildman–Crippen LogP) is 2.99. The van der Waals surface area contributed by atoms with E-state index < -0.39 is 17.1 Å². The third kappa shape index (κ3) is 4.77. The molecular formula is C24H25N3O4. The van der Waals surface area contributed by atoms with Crippen molar-refractivity contribution in [1.82, 2.24) is 15.1 Å². The zero-order valence-corrected chi connectivity index (χ0v) is 17.6. The zero-order chi connectivity index (χ0) is 22.0. The van der Waals surface area contributed by atoms with E-state index in [0.29, 0.717) is 18.0 Å². The van der Waals surface area contributed by atoms with E-state index in [1.165, 1.54) is 30.8 Å². The first-order chi connectivity index (χ1) is 14.9. The van der Waals surface area contributed by atoms with Crippen LogP contribution in [0.1, 0.15) is 40.0 Å². The quantitative estimate of drug-likeness (QED) is 0.614. The Hall–Kier alpha value is -3.61. The largest absolute Gasteiger partial charge is 0.503 e. The molecule has 2 aromatic carbocycles. The van der Waals surface area contributed by atoms with Gasteiger partial charge in [0.1, 0.15) is 5.75 Å². The Morgan fingerprint density at radius 1 is 1.26 bits per heavy atom. The Morgan fingerprint density at radius 2 is 2.03 bits per heavy atom. The average molecular weight is 419 g/mol. The van der Waals surface area contributed by atoms with Crippen molar-refractivity contribution in [3.63, 3.8) is 0 Å². The summed E-state index contributed by atoms with van der Waals surface area (Å²) in [4.78, 5) is 24.1. The highest BCUT2D eigenvalue weighted by Crippen LogP contribution is 2.30. The second kappa shape index (κ2) is 8.63. The van der Waals surface area contributed by atoms with Crippen LogP contribution < -0.4 is 15.5 Å². The molecule has 1 heterocycles. The summed E-state index contributed by atoms with van der Waals surface area (Å²) in [5.74, 6) is 0.358. The molecule has 0 atom stereocenters. The van der Waals surface area contributed by atoms with E-state index in [9.17, 15) is 14.7 Å². The van der Waals surface area contributed by atoms with E-state index in [1.54, 1.807) is 0 Å². The maximum absolute atomic E-state index is 12.1. The summed E-state index contributed by atoms with van der Waals surface area (Å²) in [5.41, 5.74) is 2.63. The second-order valence-corrected chi connectivity index (χ2v) is 7.93. The average Bonchev–Trinajstić information content (AvgIpc) is 3.58. The first-order valence-corrected chi connectivity index (χ1v) is 10.3. The Morgan fingerprint density at radius 3 is 2.77 bits per heavy atom. The highest BCUT2D eigenvalue weighted by Gasteiger charge is 2.22. The minimum absolute atomic E-state index is 0.358. The lowest BCUT2D eigenvalue weighted by molar-refractivity contribution is 0.0954. The van der Waals surface area contributed by atoms with Gasteiger partial charge in [0.15, 0.2) is 11.4 Å². The fraction of sp³-hybridized carbons (Fsp3) is 0.292. The van der Waals surface area contributed by atoms with Gasteiger partial charge in [0, 0.05) is 7.05 Å². The summed E-state index contributed by atoms with van der Waals surface area (Å²) < 4.78 is 7.33. The fourth-order valence-corrected chi connectivity index (χ4v) is 3.48. The lowest BCUT2D eigenvalue weighted by Gasteiger charge is -2.14. The third-order valence-electron chi connectivity index (χ3n) is 5.27. The van der Waals surface area contributed by atoms with Crippen molar-refractivity contribution in [1.29, 1.82) is 0 Å². The van der Waals surface area contributed by atoms with Crippen molar-refractivity contribution >= 4 is 5.91 Å². The number of ether oxygens (including phenoxy) is 1. The smallest absolute Gasteiger partial charge is 0.275 e. The monoisotopic (exact) mass is 419 g/mol. The zero-order valence-electron chi connectivity index (χ0n) is 17.6. The van der Waals surface area contributed by atoms with E-state index in [2.05, 4.69) is 16.5 Å². The lowest BCUT2D eigenvalue weighted by atomic mass is 10.0. The van der Waals surface area contributed by atoms with Crippen LogP contribution >= 0.6 is 0 Å². The van der Waals surface area contributed by atoms with Gasteiger partial charge in [-0.15, -0.1) is 0 Å². The number of hydrogen-bond donors (Lipinski definition) is 2. The van der Waals surface area contributed by atoms with Crippen molar-refractivity contribution in [2.75, 3.05) is 13.7 Å². The van der Waals surface area contributed by atoms with Gasteiger partial charge in [-0.1, -0.05) is 24.3 Å². The van der Waals surface area contributed by atoms with Gasteiger partial charge in [-0.3, -0.25) is 9.59 Å². The highest BCUT2D eigenvalue weighted by molar-refractivity contribution is 5.92. The number of aromatic nitrogens is 2. The summed E-state index contributed by atoms with van der Waals surface area (Å²) in [7, 11) is 1.41. The molecule has 1 amide bonds. The molecule has 7 nitrogen and oxygen atoms in total. The maximum Gasteiger partial charge on any atom is 0.275 e. The van der Waals surface area contributed by atoms with Crippen LogP contribution in [0, 0.1) is 12.8 Å². The number of aryl methyl sites for hydroxylation is 1. The number of nitrogens with zero attached hydrogens (tertiary/aromatic N) is 2. The van der Waals surface area contributed by atoms with Crippen molar-refractivity contribution in [3.8, 4) is 17.2 Å². The molecule has 1 aliphatic rings. The van der Waals surface area contributed by atoms with Gasteiger partial charge in [-0.05, 0) is 67.0 Å². The minimum atomic E-state index is -0.802. The van der Waals surface area contributed by atoms with Gasteiger partial charge in [0.25, 0.3) is 11.3 Å². The van der Waals surface area contributed by atoms with Gasteiger partial charge >= 0.3 is 0 Å². The van der Waals surface area contributed by atoms with Crippen LogP contribution in [-0.4, -0.2) is 34.4 Å². The number of carbonyl (C=O) groups excluding carboxylic acids is 1. The molecule has 3 aromatic rings. The van der Waals surface area contributed by atoms with E-state index in [1.807, 2.05) is 43.3 Å². The fourth-order valence-electron chi connectivity index (χ4n) is 3.48. The van der Waals surface area contributed by atoms with Gasteiger partial charge in [0.05, 0.1) is 18.5 Å². The molecule has 1 fully saturated rings. The molecule has 7 heteroatoms. The van der Waals surface area contributed by atoms with Crippen LogP contribution in [0.4, 0.5) is 0 Å². The Bertz CT molecular complexity index is 1180. The van der Waals surface area contributed by atoms with Crippen molar-refractivity contribution in [2.45, 2.75) is 26.2 Å². The van der Waals surface area contributed by atoms with Gasteiger partial charge in [-0.25, -0.2) is 4.68 Å². The molecule has 160 valence electrons. The van der Waals surface area contributed by atoms with Crippen LogP contribution in [0.25, 0.3) is 5.69 Å². The Kier molecular flexibility index (Phi) is 5.75. The number of rotatable bonds is 7. The Balaban J connectivity index is 1.68. The van der Waals surface area contributed by atoms with Crippen molar-refractivity contribution in [3.05, 3.63) is 81.3 Å². The minimum Gasteiger partial charge on any atom is -0.503 e. The topological polar surface area (TPSA) is 93.5 Å². The Labute approximate surface area is 180 Å². The SMILES string of the molecule is CNC(=O)c1nn(-c2ccccc2Cc2cc(C)cc(OCC3CC3)c2)cc(O)c1=O. The standard InChI is InChI=1S/C24H25N3O4/c1-15-9-17(12-19(10-15)31-14-16-7-8-16)11-18-5-3-4-6-20(18)27-13-21(28)23(29)22(26-27)24(30)25-2/h3-6,9-10,12-13,16,28H,7-8,11,14H2,1-2H3,(H,25,30). The van der Waals surface area contributed by atoms with Gasteiger partial charge in [-0.2, -0.15) is 5.10 Å². The maximum atomic E-state index is 12.1. The highest BCUT2D eigenvalue weighted by atomic mass is 16.5. The van der Waals surface area contributed by atoms with E-state index in [-0.39, 0.29) is 5.69 Å². The predicted molar refractivity (Wildman–Crippen MR) is 117 cm³/mol. The van der Waals surface area contributed by atoms with Crippen molar-refractivity contribution in [2.24, 2.45) is 5.92 Å². The summed E-state index contributed by atoms with van der Waals surface area (Å²) in [5, 5.41) is 16.6. The molecule has 1 aliphatic carbocycles. The number of nitrogens with one attached hydrogen (secondary N) is 1. The third-order valence-corrected chi connectivity index (χ3v) is 5.27. The van der Waals surface area contributed by atoms with Crippen LogP contribution in [-0.2, 0) is 6.42 Å². The number of hydrogen-bond acceptors (Lipinski definition) is 5. The number of aromatic hydroxyl groups is 1. The molecule has 2 N–H and O–H groups in total. The van der Waals surface area contributed by atoms with Crippen LogP contribution in [0.2, 0.25) is 0 Å². The number of benzene rings is 2. The molecule has 1 aromatic heterocycles. The van der Waals surface area contributed by atoms with E-state index in [4.69, 9.17) is 4.74 Å². The van der Waals surface area contributed by atoms with Gasteiger partial charge < -0.3 is 15.2 Å². The van der Waals surface area contributed by atoms with E-state index in [0.717, 1.165) is 29.0 Å². The summed E-state index contributed by atoms with van der Waals surface area (Å²) in [6, 6.07) is 13.7.